The normalized spacial score (nSPS) is 12.0. The quantitative estimate of drug-likeness (QED) is 0.725. The van der Waals surface area contributed by atoms with E-state index >= 15 is 0 Å². The first-order valence-corrected chi connectivity index (χ1v) is 8.74. The van der Waals surface area contributed by atoms with Gasteiger partial charge < -0.3 is 15.0 Å². The molecule has 0 radical (unpaired) electrons. The molecular weight excluding hydrogens is 355 g/mol. The summed E-state index contributed by atoms with van der Waals surface area (Å²) in [5, 5.41) is 5.76. The highest BCUT2D eigenvalue weighted by Gasteiger charge is 2.19. The lowest BCUT2D eigenvalue weighted by atomic mass is 10.2. The van der Waals surface area contributed by atoms with Crippen molar-refractivity contribution in [3.05, 3.63) is 51.4 Å². The zero-order valence-electron chi connectivity index (χ0n) is 12.9. The summed E-state index contributed by atoms with van der Waals surface area (Å²) in [6, 6.07) is 8.65. The van der Waals surface area contributed by atoms with Gasteiger partial charge in [-0.1, -0.05) is 17.7 Å². The Kier molecular flexibility index (Phi) is 6.77. The van der Waals surface area contributed by atoms with Crippen molar-refractivity contribution >= 4 is 46.0 Å². The summed E-state index contributed by atoms with van der Waals surface area (Å²) in [5.41, 5.74) is 0.655. The number of hydrogen-bond donors (Lipinski definition) is 1. The molecule has 1 heterocycles. The topological polar surface area (TPSA) is 24.5 Å². The zero-order valence-corrected chi connectivity index (χ0v) is 15.3. The molecule has 23 heavy (non-hydrogen) atoms. The van der Waals surface area contributed by atoms with Gasteiger partial charge in [0.15, 0.2) is 5.11 Å². The summed E-state index contributed by atoms with van der Waals surface area (Å²) in [6.07, 6.45) is 0. The SMILES string of the molecule is COCCN(C(=S)Nc1ccc(F)c(Cl)c1)C(C)c1cccs1. The summed E-state index contributed by atoms with van der Waals surface area (Å²) in [5.74, 6) is -0.452. The number of ether oxygens (including phenoxy) is 1. The van der Waals surface area contributed by atoms with E-state index in [1.807, 2.05) is 16.3 Å². The largest absolute Gasteiger partial charge is 0.383 e. The first-order chi connectivity index (χ1) is 11.0. The molecule has 0 aliphatic rings. The van der Waals surface area contributed by atoms with Crippen molar-refractivity contribution in [3.63, 3.8) is 0 Å². The van der Waals surface area contributed by atoms with E-state index in [0.717, 1.165) is 0 Å². The van der Waals surface area contributed by atoms with Crippen LogP contribution >= 0.6 is 35.2 Å². The standard InChI is InChI=1S/C16H18ClFN2OS2/c1-11(15-4-3-9-23-15)20(7-8-21-2)16(22)19-12-5-6-14(18)13(17)10-12/h3-6,9-11H,7-8H2,1-2H3,(H,19,22). The molecule has 2 rings (SSSR count). The van der Waals surface area contributed by atoms with Crippen LogP contribution in [0, 0.1) is 5.82 Å². The second-order valence-corrected chi connectivity index (χ2v) is 6.71. The van der Waals surface area contributed by atoms with Crippen LogP contribution in [-0.2, 0) is 4.74 Å². The lowest BCUT2D eigenvalue weighted by Crippen LogP contribution is -2.38. The summed E-state index contributed by atoms with van der Waals surface area (Å²) in [4.78, 5) is 3.25. The number of thiophene rings is 1. The van der Waals surface area contributed by atoms with Gasteiger partial charge in [-0.05, 0) is 48.8 Å². The number of rotatable bonds is 6. The molecule has 0 amide bonds. The van der Waals surface area contributed by atoms with Gasteiger partial charge in [0.2, 0.25) is 0 Å². The minimum Gasteiger partial charge on any atom is -0.383 e. The molecule has 0 aliphatic carbocycles. The van der Waals surface area contributed by atoms with Crippen molar-refractivity contribution in [1.29, 1.82) is 0 Å². The maximum Gasteiger partial charge on any atom is 0.174 e. The summed E-state index contributed by atoms with van der Waals surface area (Å²) < 4.78 is 18.4. The number of halogens is 2. The van der Waals surface area contributed by atoms with E-state index < -0.39 is 5.82 Å². The maximum absolute atomic E-state index is 13.3. The lowest BCUT2D eigenvalue weighted by Gasteiger charge is -2.31. The number of anilines is 1. The van der Waals surface area contributed by atoms with E-state index in [9.17, 15) is 4.39 Å². The molecule has 3 nitrogen and oxygen atoms in total. The van der Waals surface area contributed by atoms with Crippen molar-refractivity contribution in [1.82, 2.24) is 4.90 Å². The second kappa shape index (κ2) is 8.59. The van der Waals surface area contributed by atoms with Gasteiger partial charge in [-0.25, -0.2) is 4.39 Å². The first-order valence-electron chi connectivity index (χ1n) is 7.08. The van der Waals surface area contributed by atoms with Gasteiger partial charge in [0.05, 0.1) is 17.7 Å². The number of thiocarbonyl (C=S) groups is 1. The van der Waals surface area contributed by atoms with Gasteiger partial charge in [-0.15, -0.1) is 11.3 Å². The molecule has 1 N–H and O–H groups in total. The third-order valence-corrected chi connectivity index (χ3v) is 5.06. The Morgan fingerprint density at radius 3 is 2.87 bits per heavy atom. The smallest absolute Gasteiger partial charge is 0.174 e. The molecule has 0 fully saturated rings. The van der Waals surface area contributed by atoms with Gasteiger partial charge in [0.1, 0.15) is 5.82 Å². The van der Waals surface area contributed by atoms with Crippen LogP contribution in [0.1, 0.15) is 17.8 Å². The highest BCUT2D eigenvalue weighted by atomic mass is 35.5. The van der Waals surface area contributed by atoms with Crippen LogP contribution in [0.4, 0.5) is 10.1 Å². The molecule has 0 saturated carbocycles. The number of benzene rings is 1. The van der Waals surface area contributed by atoms with Crippen LogP contribution in [-0.4, -0.2) is 30.3 Å². The molecule has 1 atom stereocenters. The Morgan fingerprint density at radius 2 is 2.26 bits per heavy atom. The third kappa shape index (κ3) is 4.88. The molecule has 1 aromatic carbocycles. The van der Waals surface area contributed by atoms with Gasteiger partial charge in [0, 0.05) is 24.2 Å². The lowest BCUT2D eigenvalue weighted by molar-refractivity contribution is 0.166. The van der Waals surface area contributed by atoms with Crippen LogP contribution in [0.25, 0.3) is 0 Å². The van der Waals surface area contributed by atoms with E-state index in [0.29, 0.717) is 24.0 Å². The fraction of sp³-hybridized carbons (Fsp3) is 0.312. The number of hydrogen-bond acceptors (Lipinski definition) is 3. The van der Waals surface area contributed by atoms with Gasteiger partial charge in [0.25, 0.3) is 0 Å². The molecule has 7 heteroatoms. The third-order valence-electron chi connectivity index (χ3n) is 3.39. The average Bonchev–Trinajstić information content (AvgIpc) is 3.05. The van der Waals surface area contributed by atoms with Crippen molar-refractivity contribution < 1.29 is 9.13 Å². The Balaban J connectivity index is 2.13. The first kappa shape index (κ1) is 18.1. The van der Waals surface area contributed by atoms with E-state index in [2.05, 4.69) is 18.3 Å². The Morgan fingerprint density at radius 1 is 1.48 bits per heavy atom. The predicted molar refractivity (Wildman–Crippen MR) is 98.9 cm³/mol. The monoisotopic (exact) mass is 372 g/mol. The minimum absolute atomic E-state index is 0.0625. The van der Waals surface area contributed by atoms with Crippen molar-refractivity contribution in [3.8, 4) is 0 Å². The molecule has 2 aromatic rings. The summed E-state index contributed by atoms with van der Waals surface area (Å²) in [7, 11) is 1.66. The Bertz CT molecular complexity index is 652. The van der Waals surface area contributed by atoms with Crippen molar-refractivity contribution in [2.45, 2.75) is 13.0 Å². The van der Waals surface area contributed by atoms with Crippen molar-refractivity contribution in [2.75, 3.05) is 25.6 Å². The van der Waals surface area contributed by atoms with Crippen LogP contribution in [0.2, 0.25) is 5.02 Å². The average molecular weight is 373 g/mol. The Labute approximate surface area is 150 Å². The van der Waals surface area contributed by atoms with E-state index in [1.165, 1.54) is 17.0 Å². The molecule has 0 bridgehead atoms. The van der Waals surface area contributed by atoms with Crippen LogP contribution in [0.5, 0.6) is 0 Å². The number of nitrogens with zero attached hydrogens (tertiary/aromatic N) is 1. The number of nitrogens with one attached hydrogen (secondary N) is 1. The zero-order chi connectivity index (χ0) is 16.8. The molecule has 1 unspecified atom stereocenters. The van der Waals surface area contributed by atoms with Crippen LogP contribution in [0.15, 0.2) is 35.7 Å². The number of methoxy groups -OCH3 is 1. The van der Waals surface area contributed by atoms with Crippen molar-refractivity contribution in [2.24, 2.45) is 0 Å². The molecule has 0 spiro atoms. The van der Waals surface area contributed by atoms with Gasteiger partial charge in [-0.3, -0.25) is 0 Å². The fourth-order valence-electron chi connectivity index (χ4n) is 2.11. The van der Waals surface area contributed by atoms with Crippen LogP contribution < -0.4 is 5.32 Å². The van der Waals surface area contributed by atoms with E-state index in [1.54, 1.807) is 24.5 Å². The molecule has 1 aromatic heterocycles. The minimum atomic E-state index is -0.452. The Hall–Kier alpha value is -1.21. The highest BCUT2D eigenvalue weighted by molar-refractivity contribution is 7.80. The van der Waals surface area contributed by atoms with E-state index in [-0.39, 0.29) is 11.1 Å². The second-order valence-electron chi connectivity index (χ2n) is 4.94. The summed E-state index contributed by atoms with van der Waals surface area (Å²) >= 11 is 13.0. The summed E-state index contributed by atoms with van der Waals surface area (Å²) in [6.45, 7) is 3.30. The predicted octanol–water partition coefficient (Wildman–Crippen LogP) is 4.95. The maximum atomic E-state index is 13.3. The molecular formula is C16H18ClFN2OS2. The molecule has 0 saturated heterocycles. The molecule has 0 aliphatic heterocycles. The van der Waals surface area contributed by atoms with E-state index in [4.69, 9.17) is 28.6 Å². The highest BCUT2D eigenvalue weighted by Crippen LogP contribution is 2.26. The van der Waals surface area contributed by atoms with Gasteiger partial charge in [-0.2, -0.15) is 0 Å². The van der Waals surface area contributed by atoms with Crippen LogP contribution in [0.3, 0.4) is 0 Å². The fourth-order valence-corrected chi connectivity index (χ4v) is 3.46. The molecule has 124 valence electrons. The van der Waals surface area contributed by atoms with Gasteiger partial charge >= 0.3 is 0 Å².